The van der Waals surface area contributed by atoms with Gasteiger partial charge in [-0.25, -0.2) is 4.79 Å². The smallest absolute Gasteiger partial charge is 0.415 e. The summed E-state index contributed by atoms with van der Waals surface area (Å²) in [6, 6.07) is 6.42. The molecular weight excluding hydrogens is 495 g/mol. The number of nitrogens with zero attached hydrogens (tertiary/aromatic N) is 2. The quantitative estimate of drug-likeness (QED) is 0.227. The number of anilines is 1. The fraction of sp³-hybridized carbons (Fsp3) is 0.636. The van der Waals surface area contributed by atoms with Crippen LogP contribution in [0.2, 0.25) is 0 Å². The zero-order valence-electron chi connectivity index (χ0n) is 19.1. The summed E-state index contributed by atoms with van der Waals surface area (Å²) in [5.74, 6) is 0.760. The molecule has 8 heteroatoms. The molecule has 0 heterocycles. The lowest BCUT2D eigenvalue weighted by atomic mass is 10.1. The Kier molecular flexibility index (Phi) is 10.9. The summed E-state index contributed by atoms with van der Waals surface area (Å²) in [6.45, 7) is 9.91. The van der Waals surface area contributed by atoms with Gasteiger partial charge in [0.25, 0.3) is 0 Å². The van der Waals surface area contributed by atoms with Crippen molar-refractivity contribution < 1.29 is 14.3 Å². The van der Waals surface area contributed by atoms with E-state index < -0.39 is 5.60 Å². The van der Waals surface area contributed by atoms with E-state index in [-0.39, 0.29) is 36.1 Å². The van der Waals surface area contributed by atoms with Crippen LogP contribution in [0.4, 0.5) is 10.5 Å². The summed E-state index contributed by atoms with van der Waals surface area (Å²) in [5.41, 5.74) is 2.61. The van der Waals surface area contributed by atoms with Crippen LogP contribution >= 0.6 is 24.0 Å². The van der Waals surface area contributed by atoms with Crippen LogP contribution in [-0.2, 0) is 16.0 Å². The first-order valence-corrected chi connectivity index (χ1v) is 10.3. The maximum atomic E-state index is 12.7. The molecule has 1 aromatic carbocycles. The highest BCUT2D eigenvalue weighted by Crippen LogP contribution is 2.35. The lowest BCUT2D eigenvalue weighted by Gasteiger charge is -2.28. The number of methoxy groups -OCH3 is 1. The molecule has 1 saturated carbocycles. The standard InChI is InChI=1S/C22H36N4O3.HI/c1-16-14-17(15-25-20(23-5)24-12-7-13-28-6)8-11-19(16)26(18-9-10-18)21(27)29-22(2,3)4;/h8,11,14,18H,7,9-10,12-13,15H2,1-6H3,(H2,23,24,25);1H. The fourth-order valence-electron chi connectivity index (χ4n) is 3.02. The lowest BCUT2D eigenvalue weighted by Crippen LogP contribution is -2.39. The molecule has 30 heavy (non-hydrogen) atoms. The van der Waals surface area contributed by atoms with Gasteiger partial charge in [0.05, 0.1) is 5.69 Å². The molecule has 0 atom stereocenters. The third-order valence-corrected chi connectivity index (χ3v) is 4.52. The van der Waals surface area contributed by atoms with E-state index in [1.165, 1.54) is 0 Å². The fourth-order valence-corrected chi connectivity index (χ4v) is 3.02. The van der Waals surface area contributed by atoms with E-state index in [4.69, 9.17) is 9.47 Å². The van der Waals surface area contributed by atoms with Crippen LogP contribution in [-0.4, -0.2) is 51.0 Å². The second kappa shape index (κ2) is 12.3. The molecule has 0 bridgehead atoms. The summed E-state index contributed by atoms with van der Waals surface area (Å²) >= 11 is 0. The van der Waals surface area contributed by atoms with Crippen LogP contribution in [0.15, 0.2) is 23.2 Å². The van der Waals surface area contributed by atoms with E-state index >= 15 is 0 Å². The Balaban J connectivity index is 0.00000450. The predicted octanol–water partition coefficient (Wildman–Crippen LogP) is 4.22. The third kappa shape index (κ3) is 8.67. The van der Waals surface area contributed by atoms with Crippen molar-refractivity contribution >= 4 is 41.7 Å². The average molecular weight is 532 g/mol. The normalized spacial score (nSPS) is 14.0. The van der Waals surface area contributed by atoms with E-state index in [1.807, 2.05) is 44.7 Å². The van der Waals surface area contributed by atoms with Gasteiger partial charge in [-0.15, -0.1) is 24.0 Å². The van der Waals surface area contributed by atoms with Gasteiger partial charge < -0.3 is 20.1 Å². The van der Waals surface area contributed by atoms with Crippen LogP contribution in [0.25, 0.3) is 0 Å². The minimum absolute atomic E-state index is 0. The molecule has 1 aliphatic rings. The highest BCUT2D eigenvalue weighted by Gasteiger charge is 2.37. The molecule has 0 radical (unpaired) electrons. The number of halogens is 1. The molecule has 2 N–H and O–H groups in total. The topological polar surface area (TPSA) is 75.2 Å². The van der Waals surface area contributed by atoms with Gasteiger partial charge in [0.15, 0.2) is 5.96 Å². The largest absolute Gasteiger partial charge is 0.443 e. The Morgan fingerprint density at radius 2 is 1.97 bits per heavy atom. The van der Waals surface area contributed by atoms with Gasteiger partial charge in [-0.05, 0) is 64.2 Å². The Bertz CT molecular complexity index is 715. The highest BCUT2D eigenvalue weighted by atomic mass is 127. The number of aryl methyl sites for hydroxylation is 1. The SMILES string of the molecule is CN=C(NCCCOC)NCc1ccc(N(C(=O)OC(C)(C)C)C2CC2)c(C)c1.I. The van der Waals surface area contributed by atoms with Gasteiger partial charge in [-0.2, -0.15) is 0 Å². The Morgan fingerprint density at radius 3 is 2.50 bits per heavy atom. The number of guanidine groups is 1. The molecule has 1 amide bonds. The van der Waals surface area contributed by atoms with Crippen molar-refractivity contribution in [2.45, 2.75) is 65.1 Å². The number of carbonyl (C=O) groups excluding carboxylic acids is 1. The second-order valence-electron chi connectivity index (χ2n) is 8.40. The summed E-state index contributed by atoms with van der Waals surface area (Å²) in [4.78, 5) is 18.8. The summed E-state index contributed by atoms with van der Waals surface area (Å²) in [6.07, 6.45) is 2.70. The second-order valence-corrected chi connectivity index (χ2v) is 8.40. The van der Waals surface area contributed by atoms with E-state index in [1.54, 1.807) is 14.2 Å². The Labute approximate surface area is 198 Å². The molecule has 0 aromatic heterocycles. The van der Waals surface area contributed by atoms with Crippen molar-refractivity contribution in [3.63, 3.8) is 0 Å². The van der Waals surface area contributed by atoms with Gasteiger partial charge >= 0.3 is 6.09 Å². The molecule has 0 saturated heterocycles. The molecule has 0 aliphatic heterocycles. The van der Waals surface area contributed by atoms with Crippen molar-refractivity contribution in [1.29, 1.82) is 0 Å². The number of hydrogen-bond donors (Lipinski definition) is 2. The van der Waals surface area contributed by atoms with Crippen molar-refractivity contribution in [3.8, 4) is 0 Å². The van der Waals surface area contributed by atoms with Crippen LogP contribution in [0.1, 0.15) is 51.2 Å². The van der Waals surface area contributed by atoms with Gasteiger partial charge in [0.1, 0.15) is 5.60 Å². The minimum atomic E-state index is -0.506. The monoisotopic (exact) mass is 532 g/mol. The molecule has 170 valence electrons. The van der Waals surface area contributed by atoms with Crippen LogP contribution in [0, 0.1) is 6.92 Å². The number of amides is 1. The predicted molar refractivity (Wildman–Crippen MR) is 133 cm³/mol. The molecule has 2 rings (SSSR count). The molecule has 1 fully saturated rings. The number of benzene rings is 1. The number of nitrogens with one attached hydrogen (secondary N) is 2. The van der Waals surface area contributed by atoms with Crippen molar-refractivity contribution in [2.75, 3.05) is 32.2 Å². The summed E-state index contributed by atoms with van der Waals surface area (Å²) in [7, 11) is 3.46. The van der Waals surface area contributed by atoms with Crippen molar-refractivity contribution in [1.82, 2.24) is 10.6 Å². The highest BCUT2D eigenvalue weighted by molar-refractivity contribution is 14.0. The van der Waals surface area contributed by atoms with E-state index in [0.717, 1.165) is 55.2 Å². The lowest BCUT2D eigenvalue weighted by molar-refractivity contribution is 0.0577. The molecule has 1 aliphatic carbocycles. The van der Waals surface area contributed by atoms with E-state index in [9.17, 15) is 4.79 Å². The average Bonchev–Trinajstić information content (AvgIpc) is 3.46. The van der Waals surface area contributed by atoms with E-state index in [2.05, 4.69) is 21.7 Å². The molecule has 0 spiro atoms. The molecule has 0 unspecified atom stereocenters. The van der Waals surface area contributed by atoms with Gasteiger partial charge in [-0.1, -0.05) is 12.1 Å². The minimum Gasteiger partial charge on any atom is -0.443 e. The number of rotatable bonds is 8. The van der Waals surface area contributed by atoms with Crippen molar-refractivity contribution in [2.24, 2.45) is 4.99 Å². The molecule has 1 aromatic rings. The number of ether oxygens (including phenoxy) is 2. The van der Waals surface area contributed by atoms with Crippen LogP contribution < -0.4 is 15.5 Å². The van der Waals surface area contributed by atoms with Crippen molar-refractivity contribution in [3.05, 3.63) is 29.3 Å². The first-order valence-electron chi connectivity index (χ1n) is 10.3. The maximum absolute atomic E-state index is 12.7. The van der Waals surface area contributed by atoms with Gasteiger partial charge in [0, 0.05) is 39.9 Å². The first-order chi connectivity index (χ1) is 13.7. The van der Waals surface area contributed by atoms with Gasteiger partial charge in [0.2, 0.25) is 0 Å². The zero-order chi connectivity index (χ0) is 21.4. The third-order valence-electron chi connectivity index (χ3n) is 4.52. The first kappa shape index (κ1) is 26.5. The maximum Gasteiger partial charge on any atom is 0.415 e. The Hall–Kier alpha value is -1.55. The molecular formula is C22H37IN4O3. The summed E-state index contributed by atoms with van der Waals surface area (Å²) in [5, 5.41) is 6.59. The number of hydrogen-bond acceptors (Lipinski definition) is 4. The van der Waals surface area contributed by atoms with Crippen LogP contribution in [0.5, 0.6) is 0 Å². The van der Waals surface area contributed by atoms with Gasteiger partial charge in [-0.3, -0.25) is 9.89 Å². The zero-order valence-corrected chi connectivity index (χ0v) is 21.4. The molecule has 7 nitrogen and oxygen atoms in total. The van der Waals surface area contributed by atoms with Crippen LogP contribution in [0.3, 0.4) is 0 Å². The van der Waals surface area contributed by atoms with E-state index in [0.29, 0.717) is 6.54 Å². The number of aliphatic imine (C=N–C) groups is 1. The number of carbonyl (C=O) groups is 1. The Morgan fingerprint density at radius 1 is 1.27 bits per heavy atom. The summed E-state index contributed by atoms with van der Waals surface area (Å²) < 4.78 is 10.7.